The summed E-state index contributed by atoms with van der Waals surface area (Å²) >= 11 is 1.32. The number of ether oxygens (including phenoxy) is 1. The largest absolute Gasteiger partial charge is 0.465 e. The molecular weight excluding hydrogens is 399 g/mol. The lowest BCUT2D eigenvalue weighted by molar-refractivity contribution is -0.141. The van der Waals surface area contributed by atoms with Crippen molar-refractivity contribution in [3.63, 3.8) is 0 Å². The highest BCUT2D eigenvalue weighted by atomic mass is 32.1. The summed E-state index contributed by atoms with van der Waals surface area (Å²) in [6, 6.07) is 17.2. The first kappa shape index (κ1) is 19.1. The van der Waals surface area contributed by atoms with Crippen molar-refractivity contribution < 1.29 is 22.7 Å². The Labute approximate surface area is 168 Å². The molecule has 2 aromatic carbocycles. The van der Waals surface area contributed by atoms with Crippen LogP contribution in [0.5, 0.6) is 0 Å². The van der Waals surface area contributed by atoms with Crippen LogP contribution in [0.25, 0.3) is 32.3 Å². The van der Waals surface area contributed by atoms with Crippen molar-refractivity contribution in [1.29, 1.82) is 0 Å². The molecule has 7 heteroatoms. The summed E-state index contributed by atoms with van der Waals surface area (Å²) < 4.78 is 44.5. The predicted octanol–water partition coefficient (Wildman–Crippen LogP) is 6.44. The lowest BCUT2D eigenvalue weighted by Gasteiger charge is -2.12. The maximum atomic E-state index is 12.9. The quantitative estimate of drug-likeness (QED) is 0.363. The van der Waals surface area contributed by atoms with Crippen LogP contribution in [-0.2, 0) is 10.9 Å². The van der Waals surface area contributed by atoms with Crippen LogP contribution in [0.4, 0.5) is 13.2 Å². The molecule has 4 rings (SSSR count). The summed E-state index contributed by atoms with van der Waals surface area (Å²) in [5, 5.41) is 0.880. The molecule has 0 aliphatic rings. The second-order valence-corrected chi connectivity index (χ2v) is 7.32. The molecule has 0 spiro atoms. The average molecular weight is 413 g/mol. The first-order valence-electron chi connectivity index (χ1n) is 8.63. The molecule has 146 valence electrons. The normalized spacial score (nSPS) is 11.6. The third kappa shape index (κ3) is 3.49. The van der Waals surface area contributed by atoms with Gasteiger partial charge in [-0.2, -0.15) is 13.2 Å². The number of pyridine rings is 1. The smallest absolute Gasteiger partial charge is 0.433 e. The average Bonchev–Trinajstić information content (AvgIpc) is 3.12. The molecule has 0 atom stereocenters. The number of halogens is 3. The fourth-order valence-corrected chi connectivity index (χ4v) is 4.36. The first-order valence-corrected chi connectivity index (χ1v) is 9.44. The van der Waals surface area contributed by atoms with Crippen molar-refractivity contribution >= 4 is 27.4 Å². The third-order valence-electron chi connectivity index (χ3n) is 4.53. The zero-order valence-electron chi connectivity index (χ0n) is 15.2. The van der Waals surface area contributed by atoms with E-state index in [-0.39, 0.29) is 0 Å². The van der Waals surface area contributed by atoms with Gasteiger partial charge in [-0.15, -0.1) is 11.3 Å². The number of aromatic nitrogens is 1. The topological polar surface area (TPSA) is 39.2 Å². The molecule has 4 aromatic rings. The number of alkyl halides is 3. The Balaban J connectivity index is 1.94. The number of nitrogens with zero attached hydrogens (tertiary/aromatic N) is 1. The van der Waals surface area contributed by atoms with Gasteiger partial charge in [-0.25, -0.2) is 4.79 Å². The summed E-state index contributed by atoms with van der Waals surface area (Å²) in [4.78, 5) is 16.4. The number of fused-ring (bicyclic) bond motifs is 1. The molecule has 0 unspecified atom stereocenters. The molecule has 0 saturated heterocycles. The minimum absolute atomic E-state index is 0.445. The molecule has 0 saturated carbocycles. The first-order chi connectivity index (χ1) is 13.9. The molecule has 0 N–H and O–H groups in total. The van der Waals surface area contributed by atoms with Crippen LogP contribution in [0.2, 0.25) is 0 Å². The van der Waals surface area contributed by atoms with E-state index in [2.05, 4.69) is 4.98 Å². The van der Waals surface area contributed by atoms with E-state index in [0.29, 0.717) is 21.6 Å². The minimum atomic E-state index is -4.50. The Hall–Kier alpha value is -3.19. The van der Waals surface area contributed by atoms with E-state index in [4.69, 9.17) is 4.74 Å². The summed E-state index contributed by atoms with van der Waals surface area (Å²) in [6.07, 6.45) is -3.30. The van der Waals surface area contributed by atoms with Crippen LogP contribution in [0.3, 0.4) is 0 Å². The number of hydrogen-bond donors (Lipinski definition) is 0. The van der Waals surface area contributed by atoms with Gasteiger partial charge >= 0.3 is 12.1 Å². The van der Waals surface area contributed by atoms with Crippen molar-refractivity contribution in [2.24, 2.45) is 0 Å². The highest BCUT2D eigenvalue weighted by Gasteiger charge is 2.32. The van der Waals surface area contributed by atoms with Gasteiger partial charge in [0.25, 0.3) is 0 Å². The molecular formula is C22H14F3NO2S. The van der Waals surface area contributed by atoms with Gasteiger partial charge in [0.1, 0.15) is 10.6 Å². The Bertz CT molecular complexity index is 1200. The molecule has 0 bridgehead atoms. The Morgan fingerprint density at radius 2 is 1.66 bits per heavy atom. The Kier molecular flexibility index (Phi) is 4.84. The van der Waals surface area contributed by atoms with Crippen LogP contribution in [0.1, 0.15) is 15.4 Å². The van der Waals surface area contributed by atoms with Gasteiger partial charge in [0.2, 0.25) is 0 Å². The number of methoxy groups -OCH3 is 1. The van der Waals surface area contributed by atoms with Gasteiger partial charge in [-0.3, -0.25) is 4.98 Å². The second kappa shape index (κ2) is 7.33. The van der Waals surface area contributed by atoms with Gasteiger partial charge in [0, 0.05) is 27.4 Å². The molecule has 3 nitrogen and oxygen atoms in total. The molecule has 0 aliphatic carbocycles. The van der Waals surface area contributed by atoms with Gasteiger partial charge in [0.15, 0.2) is 0 Å². The van der Waals surface area contributed by atoms with Crippen LogP contribution in [0, 0.1) is 0 Å². The van der Waals surface area contributed by atoms with Crippen molar-refractivity contribution in [2.75, 3.05) is 7.11 Å². The number of carbonyl (C=O) groups excluding carboxylic acids is 1. The van der Waals surface area contributed by atoms with E-state index in [1.807, 2.05) is 36.4 Å². The molecule has 29 heavy (non-hydrogen) atoms. The molecule has 2 heterocycles. The van der Waals surface area contributed by atoms with Crippen molar-refractivity contribution in [2.45, 2.75) is 6.18 Å². The van der Waals surface area contributed by atoms with E-state index in [1.54, 1.807) is 12.1 Å². The fraction of sp³-hybridized carbons (Fsp3) is 0.0909. The molecule has 2 aromatic heterocycles. The summed E-state index contributed by atoms with van der Waals surface area (Å²) in [7, 11) is 1.32. The van der Waals surface area contributed by atoms with Gasteiger partial charge in [0.05, 0.1) is 7.11 Å². The zero-order valence-corrected chi connectivity index (χ0v) is 16.0. The lowest BCUT2D eigenvalue weighted by Crippen LogP contribution is -2.07. The van der Waals surface area contributed by atoms with Gasteiger partial charge in [-0.05, 0) is 23.3 Å². The minimum Gasteiger partial charge on any atom is -0.465 e. The Morgan fingerprint density at radius 1 is 0.966 bits per heavy atom. The molecule has 0 radical (unpaired) electrons. The van der Waals surface area contributed by atoms with Gasteiger partial charge < -0.3 is 4.74 Å². The van der Waals surface area contributed by atoms with Crippen molar-refractivity contribution in [1.82, 2.24) is 4.98 Å². The number of carbonyl (C=O) groups is 1. The lowest BCUT2D eigenvalue weighted by atomic mass is 9.93. The third-order valence-corrected chi connectivity index (χ3v) is 5.68. The highest BCUT2D eigenvalue weighted by molar-refractivity contribution is 7.21. The van der Waals surface area contributed by atoms with Gasteiger partial charge in [-0.1, -0.05) is 48.5 Å². The van der Waals surface area contributed by atoms with E-state index < -0.39 is 17.8 Å². The molecule has 0 aliphatic heterocycles. The van der Waals surface area contributed by atoms with E-state index in [9.17, 15) is 18.0 Å². The number of hydrogen-bond acceptors (Lipinski definition) is 4. The maximum Gasteiger partial charge on any atom is 0.433 e. The predicted molar refractivity (Wildman–Crippen MR) is 107 cm³/mol. The molecule has 0 fully saturated rings. The number of thiophene rings is 1. The van der Waals surface area contributed by atoms with Crippen molar-refractivity contribution in [3.8, 4) is 22.3 Å². The zero-order chi connectivity index (χ0) is 20.6. The van der Waals surface area contributed by atoms with Crippen molar-refractivity contribution in [3.05, 3.63) is 77.4 Å². The molecule has 0 amide bonds. The van der Waals surface area contributed by atoms with Crippen LogP contribution in [0.15, 0.2) is 66.9 Å². The van der Waals surface area contributed by atoms with E-state index in [1.165, 1.54) is 30.7 Å². The number of benzene rings is 2. The van der Waals surface area contributed by atoms with Crippen LogP contribution >= 0.6 is 11.3 Å². The monoisotopic (exact) mass is 413 g/mol. The maximum absolute atomic E-state index is 12.9. The Morgan fingerprint density at radius 3 is 2.31 bits per heavy atom. The van der Waals surface area contributed by atoms with E-state index >= 15 is 0 Å². The standard InChI is InChI=1S/C22H14F3NO2S/c1-28-21(27)20-19(16-8-4-5-9-17(16)29-20)15-7-3-2-6-14(15)13-10-11-18(26-12-13)22(23,24)25/h2-12H,1H3. The summed E-state index contributed by atoms with van der Waals surface area (Å²) in [5.74, 6) is -0.457. The second-order valence-electron chi connectivity index (χ2n) is 6.27. The highest BCUT2D eigenvalue weighted by Crippen LogP contribution is 2.43. The van der Waals surface area contributed by atoms with E-state index in [0.717, 1.165) is 21.7 Å². The summed E-state index contributed by atoms with van der Waals surface area (Å²) in [6.45, 7) is 0. The SMILES string of the molecule is COC(=O)c1sc2ccccc2c1-c1ccccc1-c1ccc(C(F)(F)F)nc1. The van der Waals surface area contributed by atoms with Crippen LogP contribution in [-0.4, -0.2) is 18.1 Å². The number of esters is 1. The summed E-state index contributed by atoms with van der Waals surface area (Å²) in [5.41, 5.74) is 1.69. The number of rotatable bonds is 3. The van der Waals surface area contributed by atoms with Crippen LogP contribution < -0.4 is 0 Å². The fourth-order valence-electron chi connectivity index (χ4n) is 3.22.